The van der Waals surface area contributed by atoms with E-state index < -0.39 is 5.79 Å². The predicted octanol–water partition coefficient (Wildman–Crippen LogP) is 4.26. The Bertz CT molecular complexity index is 681. The number of rotatable bonds is 3. The van der Waals surface area contributed by atoms with Gasteiger partial charge >= 0.3 is 0 Å². The lowest BCUT2D eigenvalue weighted by atomic mass is 10.1. The zero-order valence-corrected chi connectivity index (χ0v) is 13.0. The summed E-state index contributed by atoms with van der Waals surface area (Å²) in [5.41, 5.74) is 3.32. The van der Waals surface area contributed by atoms with Gasteiger partial charge in [0.2, 0.25) is 0 Å². The molecule has 1 spiro atoms. The van der Waals surface area contributed by atoms with Crippen LogP contribution in [0.2, 0.25) is 0 Å². The van der Waals surface area contributed by atoms with Crippen LogP contribution in [-0.2, 0) is 27.4 Å². The quantitative estimate of drug-likeness (QED) is 0.788. The molecule has 2 aromatic carbocycles. The van der Waals surface area contributed by atoms with Crippen LogP contribution in [0.1, 0.15) is 23.1 Å². The maximum Gasteiger partial charge on any atom is 0.195 e. The van der Waals surface area contributed by atoms with Gasteiger partial charge in [0.25, 0.3) is 0 Å². The van der Waals surface area contributed by atoms with E-state index in [0.29, 0.717) is 13.2 Å². The molecular formula is C18H17FO2S. The minimum atomic E-state index is -0.695. The Morgan fingerprint density at radius 1 is 1.09 bits per heavy atom. The summed E-state index contributed by atoms with van der Waals surface area (Å²) in [7, 11) is 0. The van der Waals surface area contributed by atoms with Crippen molar-refractivity contribution in [2.75, 3.05) is 13.2 Å². The second-order valence-electron chi connectivity index (χ2n) is 5.65. The van der Waals surface area contributed by atoms with Gasteiger partial charge < -0.3 is 9.47 Å². The monoisotopic (exact) mass is 316 g/mol. The van der Waals surface area contributed by atoms with Crippen molar-refractivity contribution in [3.63, 3.8) is 0 Å². The summed E-state index contributed by atoms with van der Waals surface area (Å²) >= 11 is 1.68. The van der Waals surface area contributed by atoms with Crippen molar-refractivity contribution in [3.05, 3.63) is 65.0 Å². The lowest BCUT2D eigenvalue weighted by molar-refractivity contribution is -0.163. The molecule has 4 heteroatoms. The smallest absolute Gasteiger partial charge is 0.195 e. The number of hydrogen-bond donors (Lipinski definition) is 0. The fourth-order valence-electron chi connectivity index (χ4n) is 3.25. The van der Waals surface area contributed by atoms with E-state index in [1.54, 1.807) is 23.9 Å². The molecule has 0 amide bonds. The van der Waals surface area contributed by atoms with Crippen LogP contribution in [0.3, 0.4) is 0 Å². The van der Waals surface area contributed by atoms with Gasteiger partial charge in [-0.2, -0.15) is 0 Å². The van der Waals surface area contributed by atoms with Crippen LogP contribution in [-0.4, -0.2) is 13.2 Å². The average molecular weight is 316 g/mol. The normalized spacial score (nSPS) is 18.8. The van der Waals surface area contributed by atoms with Crippen molar-refractivity contribution in [1.82, 2.24) is 0 Å². The van der Waals surface area contributed by atoms with E-state index in [-0.39, 0.29) is 5.82 Å². The zero-order valence-electron chi connectivity index (χ0n) is 12.2. The Labute approximate surface area is 133 Å². The molecule has 1 aliphatic heterocycles. The highest BCUT2D eigenvalue weighted by atomic mass is 32.2. The topological polar surface area (TPSA) is 18.5 Å². The minimum Gasteiger partial charge on any atom is -0.343 e. The number of halogens is 1. The third kappa shape index (κ3) is 2.45. The second-order valence-corrected chi connectivity index (χ2v) is 6.67. The first kappa shape index (κ1) is 14.2. The van der Waals surface area contributed by atoms with Crippen molar-refractivity contribution < 1.29 is 13.9 Å². The standard InChI is InChI=1S/C18H17FO2S/c19-14-10-16-15(6-7-18(16)20-8-9-21-18)17(11-14)22-12-13-4-2-1-3-5-13/h1-5,10-11H,6-9,12H2. The molecule has 4 rings (SSSR count). The summed E-state index contributed by atoms with van der Waals surface area (Å²) in [6.45, 7) is 1.17. The van der Waals surface area contributed by atoms with Crippen molar-refractivity contribution in [2.24, 2.45) is 0 Å². The van der Waals surface area contributed by atoms with Crippen LogP contribution < -0.4 is 0 Å². The van der Waals surface area contributed by atoms with E-state index in [4.69, 9.17) is 9.47 Å². The summed E-state index contributed by atoms with van der Waals surface area (Å²) in [5, 5.41) is 0. The first-order valence-corrected chi connectivity index (χ1v) is 8.53. The second kappa shape index (κ2) is 5.69. The molecule has 0 aromatic heterocycles. The van der Waals surface area contributed by atoms with Crippen LogP contribution in [0, 0.1) is 5.82 Å². The first-order chi connectivity index (χ1) is 10.8. The Hall–Kier alpha value is -1.36. The van der Waals surface area contributed by atoms with Crippen LogP contribution in [0.5, 0.6) is 0 Å². The fraction of sp³-hybridized carbons (Fsp3) is 0.333. The molecule has 2 aromatic rings. The third-order valence-corrected chi connectivity index (χ3v) is 5.43. The van der Waals surface area contributed by atoms with Gasteiger partial charge in [0.1, 0.15) is 5.82 Å². The van der Waals surface area contributed by atoms with Gasteiger partial charge in [0.15, 0.2) is 5.79 Å². The van der Waals surface area contributed by atoms with Gasteiger partial charge in [-0.1, -0.05) is 30.3 Å². The molecule has 1 aliphatic carbocycles. The molecule has 2 nitrogen and oxygen atoms in total. The molecule has 0 radical (unpaired) electrons. The molecule has 0 unspecified atom stereocenters. The van der Waals surface area contributed by atoms with Crippen LogP contribution in [0.15, 0.2) is 47.4 Å². The minimum absolute atomic E-state index is 0.213. The Morgan fingerprint density at radius 2 is 1.86 bits per heavy atom. The van der Waals surface area contributed by atoms with E-state index in [9.17, 15) is 4.39 Å². The Morgan fingerprint density at radius 3 is 2.64 bits per heavy atom. The van der Waals surface area contributed by atoms with Crippen molar-refractivity contribution in [2.45, 2.75) is 29.3 Å². The van der Waals surface area contributed by atoms with E-state index in [0.717, 1.165) is 29.1 Å². The van der Waals surface area contributed by atoms with Crippen molar-refractivity contribution in [1.29, 1.82) is 0 Å². The molecule has 0 N–H and O–H groups in total. The predicted molar refractivity (Wildman–Crippen MR) is 84.3 cm³/mol. The van der Waals surface area contributed by atoms with Crippen LogP contribution in [0.4, 0.5) is 4.39 Å². The number of fused-ring (bicyclic) bond motifs is 2. The zero-order chi connectivity index (χ0) is 15.0. The van der Waals surface area contributed by atoms with Gasteiger partial charge in [-0.15, -0.1) is 11.8 Å². The van der Waals surface area contributed by atoms with E-state index in [1.165, 1.54) is 11.1 Å². The van der Waals surface area contributed by atoms with Crippen LogP contribution >= 0.6 is 11.8 Å². The highest BCUT2D eigenvalue weighted by Gasteiger charge is 2.45. The van der Waals surface area contributed by atoms with Crippen molar-refractivity contribution >= 4 is 11.8 Å². The van der Waals surface area contributed by atoms with Crippen LogP contribution in [0.25, 0.3) is 0 Å². The number of benzene rings is 2. The Balaban J connectivity index is 1.64. The fourth-order valence-corrected chi connectivity index (χ4v) is 4.35. The van der Waals surface area contributed by atoms with E-state index in [2.05, 4.69) is 12.1 Å². The lowest BCUT2D eigenvalue weighted by Gasteiger charge is -2.23. The van der Waals surface area contributed by atoms with Gasteiger partial charge in [-0.3, -0.25) is 0 Å². The maximum absolute atomic E-state index is 14.1. The molecule has 0 bridgehead atoms. The average Bonchev–Trinajstić information content (AvgIpc) is 3.15. The van der Waals surface area contributed by atoms with Gasteiger partial charge in [-0.05, 0) is 29.7 Å². The van der Waals surface area contributed by atoms with Crippen molar-refractivity contribution in [3.8, 4) is 0 Å². The van der Waals surface area contributed by atoms with Gasteiger partial charge in [-0.25, -0.2) is 4.39 Å². The summed E-state index contributed by atoms with van der Waals surface area (Å²) < 4.78 is 25.7. The highest BCUT2D eigenvalue weighted by Crippen LogP contribution is 2.47. The molecule has 0 saturated carbocycles. The molecule has 1 saturated heterocycles. The number of hydrogen-bond acceptors (Lipinski definition) is 3. The third-order valence-electron chi connectivity index (χ3n) is 4.28. The summed E-state index contributed by atoms with van der Waals surface area (Å²) in [6, 6.07) is 13.5. The lowest BCUT2D eigenvalue weighted by Crippen LogP contribution is -2.23. The molecular weight excluding hydrogens is 299 g/mol. The number of thioether (sulfide) groups is 1. The molecule has 1 fully saturated rings. The first-order valence-electron chi connectivity index (χ1n) is 7.54. The van der Waals surface area contributed by atoms with E-state index in [1.807, 2.05) is 18.2 Å². The summed E-state index contributed by atoms with van der Waals surface area (Å²) in [6.07, 6.45) is 1.66. The maximum atomic E-state index is 14.1. The summed E-state index contributed by atoms with van der Waals surface area (Å²) in [5.74, 6) is -0.0695. The van der Waals surface area contributed by atoms with Gasteiger partial charge in [0, 0.05) is 22.6 Å². The SMILES string of the molecule is Fc1cc(SCc2ccccc2)c2c(c1)C1(CC2)OCCO1. The highest BCUT2D eigenvalue weighted by molar-refractivity contribution is 7.98. The molecule has 1 heterocycles. The van der Waals surface area contributed by atoms with Gasteiger partial charge in [0.05, 0.1) is 13.2 Å². The van der Waals surface area contributed by atoms with E-state index >= 15 is 0 Å². The molecule has 0 atom stereocenters. The molecule has 114 valence electrons. The Kier molecular flexibility index (Phi) is 3.68. The molecule has 22 heavy (non-hydrogen) atoms. The molecule has 2 aliphatic rings. The number of ether oxygens (including phenoxy) is 2. The summed E-state index contributed by atoms with van der Waals surface area (Å²) in [4.78, 5) is 1.01. The largest absolute Gasteiger partial charge is 0.343 e.